The molecule has 0 spiro atoms. The van der Waals surface area contributed by atoms with Crippen LogP contribution in [0.5, 0.6) is 5.75 Å². The van der Waals surface area contributed by atoms with E-state index in [4.69, 9.17) is 10.5 Å². The average molecular weight is 283 g/mol. The molecule has 0 aliphatic heterocycles. The highest BCUT2D eigenvalue weighted by molar-refractivity contribution is 5.29. The first-order valence-corrected chi connectivity index (χ1v) is 7.73. The summed E-state index contributed by atoms with van der Waals surface area (Å²) in [7, 11) is 0. The molecule has 112 valence electrons. The average Bonchev–Trinajstić information content (AvgIpc) is 2.52. The second-order valence-corrected chi connectivity index (χ2v) is 5.55. The molecule has 0 saturated carbocycles. The molecule has 2 aromatic carbocycles. The van der Waals surface area contributed by atoms with Gasteiger partial charge in [-0.25, -0.2) is 0 Å². The smallest absolute Gasteiger partial charge is 0.119 e. The van der Waals surface area contributed by atoms with Gasteiger partial charge in [-0.3, -0.25) is 0 Å². The van der Waals surface area contributed by atoms with Crippen LogP contribution in [-0.2, 0) is 6.42 Å². The van der Waals surface area contributed by atoms with Crippen molar-refractivity contribution >= 4 is 0 Å². The van der Waals surface area contributed by atoms with E-state index in [9.17, 15) is 0 Å². The number of benzene rings is 2. The summed E-state index contributed by atoms with van der Waals surface area (Å²) in [6.45, 7) is 4.98. The summed E-state index contributed by atoms with van der Waals surface area (Å²) in [5, 5.41) is 0. The Balaban J connectivity index is 1.87. The van der Waals surface area contributed by atoms with Crippen molar-refractivity contribution in [3.05, 3.63) is 65.2 Å². The first-order valence-electron chi connectivity index (χ1n) is 7.73. The molecule has 0 radical (unpaired) electrons. The molecule has 0 heterocycles. The van der Waals surface area contributed by atoms with Crippen LogP contribution in [0.2, 0.25) is 0 Å². The Morgan fingerprint density at radius 1 is 1.00 bits per heavy atom. The van der Waals surface area contributed by atoms with Gasteiger partial charge in [-0.05, 0) is 49.4 Å². The molecule has 2 aromatic rings. The van der Waals surface area contributed by atoms with Crippen LogP contribution in [0.25, 0.3) is 0 Å². The van der Waals surface area contributed by atoms with Gasteiger partial charge in [0.2, 0.25) is 0 Å². The van der Waals surface area contributed by atoms with Crippen molar-refractivity contribution in [1.29, 1.82) is 0 Å². The minimum absolute atomic E-state index is 0.0755. The van der Waals surface area contributed by atoms with Gasteiger partial charge in [0.05, 0.1) is 6.61 Å². The van der Waals surface area contributed by atoms with Crippen molar-refractivity contribution in [2.75, 3.05) is 6.61 Å². The Bertz CT molecular complexity index is 530. The van der Waals surface area contributed by atoms with E-state index < -0.39 is 0 Å². The van der Waals surface area contributed by atoms with E-state index in [1.165, 1.54) is 16.7 Å². The molecule has 1 atom stereocenters. The van der Waals surface area contributed by atoms with Gasteiger partial charge in [0.25, 0.3) is 0 Å². The Labute approximate surface area is 127 Å². The van der Waals surface area contributed by atoms with Gasteiger partial charge >= 0.3 is 0 Å². The molecule has 2 heteroatoms. The maximum atomic E-state index is 6.28. The van der Waals surface area contributed by atoms with E-state index in [1.807, 2.05) is 12.1 Å². The summed E-state index contributed by atoms with van der Waals surface area (Å²) in [4.78, 5) is 0. The van der Waals surface area contributed by atoms with Crippen LogP contribution in [0.3, 0.4) is 0 Å². The van der Waals surface area contributed by atoms with Crippen molar-refractivity contribution in [3.8, 4) is 5.75 Å². The van der Waals surface area contributed by atoms with Gasteiger partial charge in [-0.2, -0.15) is 0 Å². The largest absolute Gasteiger partial charge is 0.494 e. The lowest BCUT2D eigenvalue weighted by Crippen LogP contribution is -2.11. The monoisotopic (exact) mass is 283 g/mol. The SMILES string of the molecule is CCCOc1ccc(C(N)CCc2ccc(C)cc2)cc1. The quantitative estimate of drug-likeness (QED) is 0.816. The predicted molar refractivity (Wildman–Crippen MR) is 88.7 cm³/mol. The zero-order valence-corrected chi connectivity index (χ0v) is 13.0. The summed E-state index contributed by atoms with van der Waals surface area (Å²) in [5.74, 6) is 0.923. The zero-order chi connectivity index (χ0) is 15.1. The van der Waals surface area contributed by atoms with Crippen molar-refractivity contribution in [1.82, 2.24) is 0 Å². The number of ether oxygens (including phenoxy) is 1. The van der Waals surface area contributed by atoms with Gasteiger partial charge in [0.1, 0.15) is 5.75 Å². The third-order valence-electron chi connectivity index (χ3n) is 3.65. The molecular formula is C19H25NO. The van der Waals surface area contributed by atoms with E-state index in [0.717, 1.165) is 31.6 Å². The standard InChI is InChI=1S/C19H25NO/c1-3-14-21-18-11-9-17(10-12-18)19(20)13-8-16-6-4-15(2)5-7-16/h4-7,9-12,19H,3,8,13-14,20H2,1-2H3. The zero-order valence-electron chi connectivity index (χ0n) is 13.0. The maximum Gasteiger partial charge on any atom is 0.119 e. The molecular weight excluding hydrogens is 258 g/mol. The number of aryl methyl sites for hydroxylation is 2. The van der Waals surface area contributed by atoms with Gasteiger partial charge in [-0.1, -0.05) is 48.9 Å². The van der Waals surface area contributed by atoms with Crippen molar-refractivity contribution in [2.45, 2.75) is 39.2 Å². The van der Waals surface area contributed by atoms with Crippen LogP contribution >= 0.6 is 0 Å². The van der Waals surface area contributed by atoms with E-state index in [2.05, 4.69) is 50.2 Å². The molecule has 0 aliphatic carbocycles. The van der Waals surface area contributed by atoms with Gasteiger partial charge in [0.15, 0.2) is 0 Å². The van der Waals surface area contributed by atoms with Crippen molar-refractivity contribution < 1.29 is 4.74 Å². The van der Waals surface area contributed by atoms with E-state index in [-0.39, 0.29) is 6.04 Å². The highest BCUT2D eigenvalue weighted by Gasteiger charge is 2.06. The minimum Gasteiger partial charge on any atom is -0.494 e. The van der Waals surface area contributed by atoms with Gasteiger partial charge < -0.3 is 10.5 Å². The summed E-state index contributed by atoms with van der Waals surface area (Å²) < 4.78 is 5.59. The number of hydrogen-bond donors (Lipinski definition) is 1. The second kappa shape index (κ2) is 7.84. The van der Waals surface area contributed by atoms with Crippen molar-refractivity contribution in [2.24, 2.45) is 5.73 Å². The lowest BCUT2D eigenvalue weighted by molar-refractivity contribution is 0.317. The fourth-order valence-electron chi connectivity index (χ4n) is 2.27. The molecule has 2 N–H and O–H groups in total. The van der Waals surface area contributed by atoms with Gasteiger partial charge in [-0.15, -0.1) is 0 Å². The van der Waals surface area contributed by atoms with Crippen LogP contribution in [0.15, 0.2) is 48.5 Å². The predicted octanol–water partition coefficient (Wildman–Crippen LogP) is 4.42. The molecule has 0 saturated heterocycles. The fourth-order valence-corrected chi connectivity index (χ4v) is 2.27. The lowest BCUT2D eigenvalue weighted by atomic mass is 9.99. The molecule has 0 amide bonds. The van der Waals surface area contributed by atoms with E-state index in [1.54, 1.807) is 0 Å². The highest BCUT2D eigenvalue weighted by atomic mass is 16.5. The molecule has 0 bridgehead atoms. The molecule has 1 unspecified atom stereocenters. The first-order chi connectivity index (χ1) is 10.2. The second-order valence-electron chi connectivity index (χ2n) is 5.55. The summed E-state index contributed by atoms with van der Waals surface area (Å²) in [5.41, 5.74) is 10.1. The Hall–Kier alpha value is -1.80. The lowest BCUT2D eigenvalue weighted by Gasteiger charge is -2.13. The number of rotatable bonds is 7. The summed E-state index contributed by atoms with van der Waals surface area (Å²) in [6.07, 6.45) is 2.99. The molecule has 21 heavy (non-hydrogen) atoms. The topological polar surface area (TPSA) is 35.2 Å². The molecule has 2 nitrogen and oxygen atoms in total. The highest BCUT2D eigenvalue weighted by Crippen LogP contribution is 2.20. The molecule has 2 rings (SSSR count). The summed E-state index contributed by atoms with van der Waals surface area (Å²) in [6, 6.07) is 16.9. The van der Waals surface area contributed by atoms with Crippen LogP contribution in [0.4, 0.5) is 0 Å². The maximum absolute atomic E-state index is 6.28. The van der Waals surface area contributed by atoms with Gasteiger partial charge in [0, 0.05) is 6.04 Å². The molecule has 0 fully saturated rings. The van der Waals surface area contributed by atoms with Crippen LogP contribution in [0.1, 0.15) is 42.5 Å². The Kier molecular flexibility index (Phi) is 5.82. The van der Waals surface area contributed by atoms with Crippen LogP contribution < -0.4 is 10.5 Å². The minimum atomic E-state index is 0.0755. The number of nitrogens with two attached hydrogens (primary N) is 1. The molecule has 0 aliphatic rings. The van der Waals surface area contributed by atoms with Crippen LogP contribution in [0, 0.1) is 6.92 Å². The third kappa shape index (κ3) is 4.91. The molecule has 0 aromatic heterocycles. The normalized spacial score (nSPS) is 12.1. The number of hydrogen-bond acceptors (Lipinski definition) is 2. The summed E-state index contributed by atoms with van der Waals surface area (Å²) >= 11 is 0. The first kappa shape index (κ1) is 15.6. The van der Waals surface area contributed by atoms with E-state index >= 15 is 0 Å². The van der Waals surface area contributed by atoms with E-state index in [0.29, 0.717) is 0 Å². The fraction of sp³-hybridized carbons (Fsp3) is 0.368. The van der Waals surface area contributed by atoms with Crippen molar-refractivity contribution in [3.63, 3.8) is 0 Å². The Morgan fingerprint density at radius 3 is 2.29 bits per heavy atom. The van der Waals surface area contributed by atoms with Crippen LogP contribution in [-0.4, -0.2) is 6.61 Å². The Morgan fingerprint density at radius 2 is 1.67 bits per heavy atom. The third-order valence-corrected chi connectivity index (χ3v) is 3.65.